The van der Waals surface area contributed by atoms with Gasteiger partial charge in [0.25, 0.3) is 0 Å². The molecule has 1 fully saturated rings. The first kappa shape index (κ1) is 16.0. The van der Waals surface area contributed by atoms with Crippen molar-refractivity contribution in [3.63, 3.8) is 0 Å². The Bertz CT molecular complexity index is 666. The third-order valence-corrected chi connectivity index (χ3v) is 5.26. The molecule has 0 aromatic carbocycles. The van der Waals surface area contributed by atoms with Crippen LogP contribution in [0.3, 0.4) is 0 Å². The predicted octanol–water partition coefficient (Wildman–Crippen LogP) is 2.42. The molecule has 0 radical (unpaired) electrons. The van der Waals surface area contributed by atoms with E-state index in [0.29, 0.717) is 6.04 Å². The van der Waals surface area contributed by atoms with E-state index in [2.05, 4.69) is 20.5 Å². The molecule has 1 aliphatic carbocycles. The first-order valence-electron chi connectivity index (χ1n) is 7.92. The SMILES string of the molecule is C[C@@H](Sc1nnc(-c2ccncc2)n1C)C(=O)NC1CCCC1. The number of nitrogens with one attached hydrogen (secondary N) is 1. The van der Waals surface area contributed by atoms with Crippen molar-refractivity contribution in [1.29, 1.82) is 0 Å². The lowest BCUT2D eigenvalue weighted by Gasteiger charge is -2.16. The van der Waals surface area contributed by atoms with Crippen molar-refractivity contribution >= 4 is 17.7 Å². The van der Waals surface area contributed by atoms with E-state index in [9.17, 15) is 4.79 Å². The molecule has 0 bridgehead atoms. The van der Waals surface area contributed by atoms with Gasteiger partial charge in [-0.1, -0.05) is 24.6 Å². The van der Waals surface area contributed by atoms with Gasteiger partial charge in [0.15, 0.2) is 11.0 Å². The van der Waals surface area contributed by atoms with Gasteiger partial charge >= 0.3 is 0 Å². The molecule has 2 aromatic rings. The van der Waals surface area contributed by atoms with Gasteiger partial charge in [0.1, 0.15) is 0 Å². The lowest BCUT2D eigenvalue weighted by molar-refractivity contribution is -0.120. The fourth-order valence-electron chi connectivity index (χ4n) is 2.77. The van der Waals surface area contributed by atoms with Crippen molar-refractivity contribution in [2.45, 2.75) is 49.1 Å². The van der Waals surface area contributed by atoms with Crippen LogP contribution in [0.1, 0.15) is 32.6 Å². The number of hydrogen-bond donors (Lipinski definition) is 1. The van der Waals surface area contributed by atoms with Gasteiger partial charge in [-0.05, 0) is 31.9 Å². The maximum Gasteiger partial charge on any atom is 0.233 e. The number of hydrogen-bond acceptors (Lipinski definition) is 5. The van der Waals surface area contributed by atoms with E-state index >= 15 is 0 Å². The Morgan fingerprint density at radius 2 is 2.00 bits per heavy atom. The van der Waals surface area contributed by atoms with Crippen LogP contribution in [-0.2, 0) is 11.8 Å². The van der Waals surface area contributed by atoms with Crippen LogP contribution in [0, 0.1) is 0 Å². The minimum atomic E-state index is -0.191. The summed E-state index contributed by atoms with van der Waals surface area (Å²) in [5, 5.41) is 12.1. The van der Waals surface area contributed by atoms with Gasteiger partial charge in [0.05, 0.1) is 5.25 Å². The quantitative estimate of drug-likeness (QED) is 0.852. The molecule has 0 unspecified atom stereocenters. The highest BCUT2D eigenvalue weighted by molar-refractivity contribution is 8.00. The second-order valence-corrected chi connectivity index (χ2v) is 7.16. The van der Waals surface area contributed by atoms with Gasteiger partial charge < -0.3 is 9.88 Å². The fraction of sp³-hybridized carbons (Fsp3) is 0.500. The highest BCUT2D eigenvalue weighted by Gasteiger charge is 2.23. The van der Waals surface area contributed by atoms with Crippen molar-refractivity contribution in [2.75, 3.05) is 0 Å². The van der Waals surface area contributed by atoms with Crippen molar-refractivity contribution < 1.29 is 4.79 Å². The van der Waals surface area contributed by atoms with Gasteiger partial charge in [-0.2, -0.15) is 0 Å². The van der Waals surface area contributed by atoms with Crippen LogP contribution in [0.5, 0.6) is 0 Å². The Hall–Kier alpha value is -1.89. The Morgan fingerprint density at radius 1 is 1.30 bits per heavy atom. The van der Waals surface area contributed by atoms with Crippen molar-refractivity contribution in [3.05, 3.63) is 24.5 Å². The summed E-state index contributed by atoms with van der Waals surface area (Å²) in [5.41, 5.74) is 0.963. The van der Waals surface area contributed by atoms with E-state index in [1.54, 1.807) is 12.4 Å². The molecular weight excluding hydrogens is 310 g/mol. The lowest BCUT2D eigenvalue weighted by Crippen LogP contribution is -2.37. The van der Waals surface area contributed by atoms with Gasteiger partial charge in [0.2, 0.25) is 5.91 Å². The summed E-state index contributed by atoms with van der Waals surface area (Å²) in [6.45, 7) is 1.91. The second-order valence-electron chi connectivity index (χ2n) is 5.85. The summed E-state index contributed by atoms with van der Waals surface area (Å²) in [6.07, 6.45) is 8.08. The Kier molecular flexibility index (Phi) is 4.95. The minimum absolute atomic E-state index is 0.0790. The lowest BCUT2D eigenvalue weighted by atomic mass is 10.2. The van der Waals surface area contributed by atoms with Gasteiger partial charge in [-0.15, -0.1) is 10.2 Å². The van der Waals surface area contributed by atoms with Crippen molar-refractivity contribution in [1.82, 2.24) is 25.1 Å². The Balaban J connectivity index is 1.66. The van der Waals surface area contributed by atoms with E-state index in [4.69, 9.17) is 0 Å². The number of nitrogens with zero attached hydrogens (tertiary/aromatic N) is 4. The van der Waals surface area contributed by atoms with Gasteiger partial charge in [0, 0.05) is 31.0 Å². The standard InChI is InChI=1S/C16H21N5OS/c1-11(15(22)18-13-5-3-4-6-13)23-16-20-19-14(21(16)2)12-7-9-17-10-8-12/h7-11,13H,3-6H2,1-2H3,(H,18,22)/t11-/m1/s1. The summed E-state index contributed by atoms with van der Waals surface area (Å²) in [5.74, 6) is 0.855. The van der Waals surface area contributed by atoms with E-state index in [1.807, 2.05) is 30.7 Å². The molecule has 0 spiro atoms. The number of aromatic nitrogens is 4. The molecule has 1 N–H and O–H groups in total. The van der Waals surface area contributed by atoms with E-state index in [0.717, 1.165) is 29.4 Å². The monoisotopic (exact) mass is 331 g/mol. The molecule has 0 saturated heterocycles. The first-order chi connectivity index (χ1) is 11.1. The predicted molar refractivity (Wildman–Crippen MR) is 90.0 cm³/mol. The van der Waals surface area contributed by atoms with Crippen LogP contribution < -0.4 is 5.32 Å². The van der Waals surface area contributed by atoms with Crippen LogP contribution in [0.25, 0.3) is 11.4 Å². The highest BCUT2D eigenvalue weighted by Crippen LogP contribution is 2.26. The maximum atomic E-state index is 12.3. The molecule has 122 valence electrons. The van der Waals surface area contributed by atoms with Crippen LogP contribution in [0.15, 0.2) is 29.7 Å². The van der Waals surface area contributed by atoms with Crippen LogP contribution in [0.2, 0.25) is 0 Å². The topological polar surface area (TPSA) is 72.7 Å². The summed E-state index contributed by atoms with van der Waals surface area (Å²) in [6, 6.07) is 4.14. The number of amides is 1. The molecule has 7 heteroatoms. The third kappa shape index (κ3) is 3.72. The summed E-state index contributed by atoms with van der Waals surface area (Å²) < 4.78 is 1.92. The number of thioether (sulfide) groups is 1. The smallest absolute Gasteiger partial charge is 0.233 e. The number of rotatable bonds is 5. The summed E-state index contributed by atoms with van der Waals surface area (Å²) in [4.78, 5) is 16.3. The molecule has 2 aromatic heterocycles. The van der Waals surface area contributed by atoms with E-state index in [1.165, 1.54) is 24.6 Å². The Labute approximate surface area is 140 Å². The van der Waals surface area contributed by atoms with Crippen LogP contribution in [-0.4, -0.2) is 36.9 Å². The number of carbonyl (C=O) groups is 1. The largest absolute Gasteiger partial charge is 0.352 e. The molecular formula is C16H21N5OS. The van der Waals surface area contributed by atoms with Crippen molar-refractivity contribution in [3.8, 4) is 11.4 Å². The average molecular weight is 331 g/mol. The van der Waals surface area contributed by atoms with Crippen LogP contribution >= 0.6 is 11.8 Å². The number of pyridine rings is 1. The molecule has 3 rings (SSSR count). The maximum absolute atomic E-state index is 12.3. The molecule has 0 aliphatic heterocycles. The third-order valence-electron chi connectivity index (χ3n) is 4.13. The zero-order valence-electron chi connectivity index (χ0n) is 13.4. The molecule has 2 heterocycles. The highest BCUT2D eigenvalue weighted by atomic mass is 32.2. The number of carbonyl (C=O) groups excluding carboxylic acids is 1. The fourth-order valence-corrected chi connectivity index (χ4v) is 3.59. The average Bonchev–Trinajstić information content (AvgIpc) is 3.19. The second kappa shape index (κ2) is 7.12. The summed E-state index contributed by atoms with van der Waals surface area (Å²) >= 11 is 1.44. The van der Waals surface area contributed by atoms with E-state index in [-0.39, 0.29) is 11.2 Å². The molecule has 1 amide bonds. The van der Waals surface area contributed by atoms with Gasteiger partial charge in [-0.3, -0.25) is 9.78 Å². The molecule has 1 saturated carbocycles. The Morgan fingerprint density at radius 3 is 2.70 bits per heavy atom. The molecule has 1 aliphatic rings. The molecule has 6 nitrogen and oxygen atoms in total. The minimum Gasteiger partial charge on any atom is -0.352 e. The van der Waals surface area contributed by atoms with E-state index < -0.39 is 0 Å². The normalized spacial score (nSPS) is 16.4. The summed E-state index contributed by atoms with van der Waals surface area (Å²) in [7, 11) is 1.92. The van der Waals surface area contributed by atoms with Crippen LogP contribution in [0.4, 0.5) is 0 Å². The molecule has 1 atom stereocenters. The zero-order chi connectivity index (χ0) is 16.2. The van der Waals surface area contributed by atoms with Crippen molar-refractivity contribution in [2.24, 2.45) is 7.05 Å². The first-order valence-corrected chi connectivity index (χ1v) is 8.80. The zero-order valence-corrected chi connectivity index (χ0v) is 14.2. The molecule has 23 heavy (non-hydrogen) atoms. The van der Waals surface area contributed by atoms with Gasteiger partial charge in [-0.25, -0.2) is 0 Å².